The van der Waals surface area contributed by atoms with Gasteiger partial charge in [-0.15, -0.1) is 0 Å². The first-order valence-corrected chi connectivity index (χ1v) is 12.5. The topological polar surface area (TPSA) is 110 Å². The molecule has 0 radical (unpaired) electrons. The largest absolute Gasteiger partial charge is 0.486 e. The van der Waals surface area contributed by atoms with E-state index >= 15 is 0 Å². The fourth-order valence-corrected chi connectivity index (χ4v) is 4.99. The maximum Gasteiger partial charge on any atom is 0.262 e. The normalized spacial score (nSPS) is 15.1. The van der Waals surface area contributed by atoms with E-state index in [0.29, 0.717) is 36.0 Å². The molecular weight excluding hydrogens is 456 g/mol. The first kappa shape index (κ1) is 22.0. The molecule has 0 spiro atoms. The number of rotatable bonds is 6. The fourth-order valence-electron chi connectivity index (χ4n) is 3.93. The van der Waals surface area contributed by atoms with E-state index < -0.39 is 10.0 Å². The molecule has 1 saturated heterocycles. The monoisotopic (exact) mass is 480 g/mol. The Morgan fingerprint density at radius 1 is 0.912 bits per heavy atom. The van der Waals surface area contributed by atoms with Crippen LogP contribution in [-0.2, 0) is 10.0 Å². The molecule has 0 bridgehead atoms. The van der Waals surface area contributed by atoms with E-state index in [0.717, 1.165) is 31.7 Å². The molecule has 0 aliphatic carbocycles. The van der Waals surface area contributed by atoms with Gasteiger partial charge < -0.3 is 19.7 Å². The average Bonchev–Trinajstić information content (AvgIpc) is 3.39. The number of fused-ring (bicyclic) bond motifs is 1. The lowest BCUT2D eigenvalue weighted by atomic mass is 10.2. The van der Waals surface area contributed by atoms with Crippen molar-refractivity contribution in [3.05, 3.63) is 66.4 Å². The third-order valence-corrected chi connectivity index (χ3v) is 7.02. The average molecular weight is 481 g/mol. The third kappa shape index (κ3) is 4.76. The van der Waals surface area contributed by atoms with Crippen molar-refractivity contribution in [3.8, 4) is 11.5 Å². The lowest BCUT2D eigenvalue weighted by Gasteiger charge is -2.19. The number of amides is 1. The molecule has 1 fully saturated rings. The van der Waals surface area contributed by atoms with E-state index in [9.17, 15) is 13.2 Å². The summed E-state index contributed by atoms with van der Waals surface area (Å²) >= 11 is 0. The van der Waals surface area contributed by atoms with Crippen LogP contribution < -0.4 is 24.4 Å². The van der Waals surface area contributed by atoms with Crippen LogP contribution in [0.3, 0.4) is 0 Å². The Morgan fingerprint density at radius 3 is 2.47 bits per heavy atom. The SMILES string of the molecule is O=C(Nc1ccc(N2CCCC2)nc1)c1cccc(NS(=O)(=O)c2ccc3c(c2)OCCO3)c1. The Morgan fingerprint density at radius 2 is 1.71 bits per heavy atom. The standard InChI is InChI=1S/C24H24N4O5S/c29-24(26-19-6-9-23(25-16-19)28-10-1-2-11-28)17-4-3-5-18(14-17)27-34(30,31)20-7-8-21-22(15-20)33-13-12-32-21/h3-9,14-16,27H,1-2,10-13H2,(H,26,29). The molecule has 176 valence electrons. The number of anilines is 3. The number of aromatic nitrogens is 1. The predicted molar refractivity (Wildman–Crippen MR) is 128 cm³/mol. The Kier molecular flexibility index (Phi) is 5.97. The van der Waals surface area contributed by atoms with Crippen molar-refractivity contribution in [1.29, 1.82) is 0 Å². The van der Waals surface area contributed by atoms with E-state index in [1.165, 1.54) is 18.2 Å². The van der Waals surface area contributed by atoms with Crippen molar-refractivity contribution in [1.82, 2.24) is 4.98 Å². The van der Waals surface area contributed by atoms with Crippen LogP contribution in [0.15, 0.2) is 65.7 Å². The molecule has 5 rings (SSSR count). The van der Waals surface area contributed by atoms with Gasteiger partial charge in [0.15, 0.2) is 11.5 Å². The summed E-state index contributed by atoms with van der Waals surface area (Å²) in [4.78, 5) is 19.4. The Balaban J connectivity index is 1.28. The van der Waals surface area contributed by atoms with Crippen molar-refractivity contribution in [2.24, 2.45) is 0 Å². The molecule has 2 aromatic carbocycles. The predicted octanol–water partition coefficient (Wildman–Crippen LogP) is 3.51. The molecule has 2 aliphatic rings. The minimum Gasteiger partial charge on any atom is -0.486 e. The second-order valence-corrected chi connectivity index (χ2v) is 9.73. The van der Waals surface area contributed by atoms with E-state index in [1.54, 1.807) is 30.5 Å². The molecule has 3 aromatic rings. The molecule has 34 heavy (non-hydrogen) atoms. The van der Waals surface area contributed by atoms with Gasteiger partial charge in [-0.1, -0.05) is 6.07 Å². The lowest BCUT2D eigenvalue weighted by Crippen LogP contribution is -2.19. The minimum atomic E-state index is -3.89. The zero-order chi connectivity index (χ0) is 23.5. The van der Waals surface area contributed by atoms with Crippen LogP contribution >= 0.6 is 0 Å². The van der Waals surface area contributed by atoms with E-state index in [2.05, 4.69) is 19.9 Å². The number of benzene rings is 2. The summed E-state index contributed by atoms with van der Waals surface area (Å²) in [5, 5.41) is 2.80. The number of hydrogen-bond donors (Lipinski definition) is 2. The number of ether oxygens (including phenoxy) is 2. The molecule has 2 aliphatic heterocycles. The molecule has 0 saturated carbocycles. The van der Waals surface area contributed by atoms with Crippen molar-refractivity contribution in [2.45, 2.75) is 17.7 Å². The molecule has 0 atom stereocenters. The van der Waals surface area contributed by atoms with Crippen LogP contribution in [-0.4, -0.2) is 45.6 Å². The van der Waals surface area contributed by atoms with Crippen LogP contribution in [0.2, 0.25) is 0 Å². The fraction of sp³-hybridized carbons (Fsp3) is 0.250. The van der Waals surface area contributed by atoms with Gasteiger partial charge in [-0.2, -0.15) is 0 Å². The molecular formula is C24H24N4O5S. The summed E-state index contributed by atoms with van der Waals surface area (Å²) in [6.45, 7) is 2.77. The van der Waals surface area contributed by atoms with Crippen molar-refractivity contribution >= 4 is 33.1 Å². The summed E-state index contributed by atoms with van der Waals surface area (Å²) in [6.07, 6.45) is 3.95. The number of nitrogens with one attached hydrogen (secondary N) is 2. The quantitative estimate of drug-likeness (QED) is 0.556. The summed E-state index contributed by atoms with van der Waals surface area (Å²) in [5.74, 6) is 1.42. The van der Waals surface area contributed by atoms with Crippen LogP contribution in [0.5, 0.6) is 11.5 Å². The van der Waals surface area contributed by atoms with Crippen molar-refractivity contribution in [2.75, 3.05) is 41.2 Å². The zero-order valence-electron chi connectivity index (χ0n) is 18.4. The highest BCUT2D eigenvalue weighted by molar-refractivity contribution is 7.92. The van der Waals surface area contributed by atoms with E-state index in [1.807, 2.05) is 12.1 Å². The number of nitrogens with zero attached hydrogens (tertiary/aromatic N) is 2. The van der Waals surface area contributed by atoms with Crippen LogP contribution in [0, 0.1) is 0 Å². The highest BCUT2D eigenvalue weighted by Crippen LogP contribution is 2.32. The number of hydrogen-bond acceptors (Lipinski definition) is 7. The summed E-state index contributed by atoms with van der Waals surface area (Å²) in [7, 11) is -3.89. The second kappa shape index (κ2) is 9.22. The van der Waals surface area contributed by atoms with Crippen molar-refractivity contribution < 1.29 is 22.7 Å². The van der Waals surface area contributed by atoms with Crippen LogP contribution in [0.25, 0.3) is 0 Å². The smallest absolute Gasteiger partial charge is 0.262 e. The van der Waals surface area contributed by atoms with Gasteiger partial charge in [-0.05, 0) is 55.3 Å². The summed E-state index contributed by atoms with van der Waals surface area (Å²) in [6, 6.07) is 14.4. The van der Waals surface area contributed by atoms with E-state index in [-0.39, 0.29) is 16.5 Å². The minimum absolute atomic E-state index is 0.0378. The molecule has 10 heteroatoms. The van der Waals surface area contributed by atoms with Crippen molar-refractivity contribution in [3.63, 3.8) is 0 Å². The van der Waals surface area contributed by atoms with Crippen LogP contribution in [0.4, 0.5) is 17.2 Å². The van der Waals surface area contributed by atoms with Gasteiger partial charge in [0.05, 0.1) is 16.8 Å². The van der Waals surface area contributed by atoms with Gasteiger partial charge in [0, 0.05) is 30.4 Å². The highest BCUT2D eigenvalue weighted by atomic mass is 32.2. The number of sulfonamides is 1. The van der Waals surface area contributed by atoms with Gasteiger partial charge in [0.2, 0.25) is 0 Å². The second-order valence-electron chi connectivity index (χ2n) is 8.05. The van der Waals surface area contributed by atoms with E-state index in [4.69, 9.17) is 9.47 Å². The summed E-state index contributed by atoms with van der Waals surface area (Å²) in [5.41, 5.74) is 1.14. The van der Waals surface area contributed by atoms with Gasteiger partial charge >= 0.3 is 0 Å². The van der Waals surface area contributed by atoms with Gasteiger partial charge in [0.1, 0.15) is 19.0 Å². The molecule has 1 aromatic heterocycles. The Labute approximate surface area is 197 Å². The number of carbonyl (C=O) groups excluding carboxylic acids is 1. The molecule has 3 heterocycles. The zero-order valence-corrected chi connectivity index (χ0v) is 19.2. The summed E-state index contributed by atoms with van der Waals surface area (Å²) < 4.78 is 39.2. The first-order chi connectivity index (χ1) is 16.5. The lowest BCUT2D eigenvalue weighted by molar-refractivity contribution is 0.102. The maximum absolute atomic E-state index is 12.9. The highest BCUT2D eigenvalue weighted by Gasteiger charge is 2.20. The first-order valence-electron chi connectivity index (χ1n) is 11.0. The molecule has 0 unspecified atom stereocenters. The van der Waals surface area contributed by atoms with Gasteiger partial charge in [0.25, 0.3) is 15.9 Å². The molecule has 2 N–H and O–H groups in total. The molecule has 1 amide bonds. The Hall–Kier alpha value is -3.79. The van der Waals surface area contributed by atoms with Crippen LogP contribution in [0.1, 0.15) is 23.2 Å². The number of pyridine rings is 1. The van der Waals surface area contributed by atoms with Gasteiger partial charge in [-0.3, -0.25) is 9.52 Å². The Bertz CT molecular complexity index is 1310. The number of carbonyl (C=O) groups is 1. The third-order valence-electron chi connectivity index (χ3n) is 5.64. The van der Waals surface area contributed by atoms with Gasteiger partial charge in [-0.25, -0.2) is 13.4 Å². The molecule has 9 nitrogen and oxygen atoms in total. The maximum atomic E-state index is 12.9.